The highest BCUT2D eigenvalue weighted by Gasteiger charge is 2.32. The van der Waals surface area contributed by atoms with E-state index in [1.165, 1.54) is 12.1 Å². The first-order valence-corrected chi connectivity index (χ1v) is 6.84. The van der Waals surface area contributed by atoms with Gasteiger partial charge in [-0.3, -0.25) is 14.9 Å². The highest BCUT2D eigenvalue weighted by molar-refractivity contribution is 6.01. The third-order valence-electron chi connectivity index (χ3n) is 3.64. The van der Waals surface area contributed by atoms with Crippen LogP contribution < -0.4 is 10.6 Å². The maximum absolute atomic E-state index is 12.2. The van der Waals surface area contributed by atoms with Crippen molar-refractivity contribution < 1.29 is 9.72 Å². The molecule has 1 aliphatic carbocycles. The van der Waals surface area contributed by atoms with E-state index in [1.807, 2.05) is 6.92 Å². The van der Waals surface area contributed by atoms with Crippen LogP contribution in [0.1, 0.15) is 30.6 Å². The van der Waals surface area contributed by atoms with Crippen molar-refractivity contribution in [2.75, 3.05) is 18.4 Å². The summed E-state index contributed by atoms with van der Waals surface area (Å²) in [5, 5.41) is 16.8. The van der Waals surface area contributed by atoms with Crippen molar-refractivity contribution in [2.45, 2.75) is 20.3 Å². The lowest BCUT2D eigenvalue weighted by molar-refractivity contribution is -0.384. The summed E-state index contributed by atoms with van der Waals surface area (Å²) in [5.74, 6) is 0.942. The zero-order chi connectivity index (χ0) is 14.7. The number of carbonyl (C=O) groups excluding carboxylic acids is 1. The van der Waals surface area contributed by atoms with Crippen LogP contribution in [0.2, 0.25) is 0 Å². The Morgan fingerprint density at radius 2 is 2.20 bits per heavy atom. The average Bonchev–Trinajstić information content (AvgIpc) is 3.12. The Bertz CT molecular complexity index is 530. The van der Waals surface area contributed by atoms with Crippen molar-refractivity contribution in [3.8, 4) is 0 Å². The van der Waals surface area contributed by atoms with Crippen molar-refractivity contribution in [3.05, 3.63) is 33.9 Å². The number of hydrogen-bond donors (Lipinski definition) is 2. The van der Waals surface area contributed by atoms with Gasteiger partial charge in [-0.1, -0.05) is 13.0 Å². The fourth-order valence-corrected chi connectivity index (χ4v) is 2.25. The van der Waals surface area contributed by atoms with Crippen LogP contribution in [0, 0.1) is 22.0 Å². The molecule has 1 aromatic rings. The summed E-state index contributed by atoms with van der Waals surface area (Å²) in [4.78, 5) is 22.7. The highest BCUT2D eigenvalue weighted by Crippen LogP contribution is 2.37. The molecule has 1 amide bonds. The lowest BCUT2D eigenvalue weighted by Crippen LogP contribution is -2.27. The molecule has 0 saturated heterocycles. The van der Waals surface area contributed by atoms with Gasteiger partial charge >= 0.3 is 0 Å². The number of nitrogens with zero attached hydrogens (tertiary/aromatic N) is 1. The molecule has 0 heterocycles. The van der Waals surface area contributed by atoms with Crippen LogP contribution in [-0.4, -0.2) is 23.9 Å². The second-order valence-corrected chi connectivity index (χ2v) is 5.17. The molecule has 0 spiro atoms. The van der Waals surface area contributed by atoms with Crippen LogP contribution >= 0.6 is 0 Å². The van der Waals surface area contributed by atoms with Crippen molar-refractivity contribution in [3.63, 3.8) is 0 Å². The van der Waals surface area contributed by atoms with Crippen LogP contribution in [0.5, 0.6) is 0 Å². The molecule has 6 nitrogen and oxygen atoms in total. The molecule has 6 heteroatoms. The molecule has 2 N–H and O–H groups in total. The number of nitrogens with one attached hydrogen (secondary N) is 2. The minimum atomic E-state index is -0.474. The van der Waals surface area contributed by atoms with E-state index in [0.717, 1.165) is 6.42 Å². The molecule has 0 aromatic heterocycles. The van der Waals surface area contributed by atoms with Crippen molar-refractivity contribution in [1.29, 1.82) is 0 Å². The largest absolute Gasteiger partial charge is 0.379 e. The molecule has 1 aliphatic rings. The highest BCUT2D eigenvalue weighted by atomic mass is 16.6. The van der Waals surface area contributed by atoms with Gasteiger partial charge < -0.3 is 10.6 Å². The zero-order valence-corrected chi connectivity index (χ0v) is 11.7. The maximum atomic E-state index is 12.2. The van der Waals surface area contributed by atoms with Crippen molar-refractivity contribution >= 4 is 17.3 Å². The fourth-order valence-electron chi connectivity index (χ4n) is 2.25. The predicted molar refractivity (Wildman–Crippen MR) is 76.9 cm³/mol. The summed E-state index contributed by atoms with van der Waals surface area (Å²) in [6.45, 7) is 5.14. The Kier molecular flexibility index (Phi) is 4.22. The lowest BCUT2D eigenvalue weighted by atomic mass is 10.1. The Morgan fingerprint density at radius 3 is 2.75 bits per heavy atom. The average molecular weight is 277 g/mol. The van der Waals surface area contributed by atoms with Crippen LogP contribution in [-0.2, 0) is 0 Å². The van der Waals surface area contributed by atoms with Gasteiger partial charge in [-0.2, -0.15) is 0 Å². The van der Waals surface area contributed by atoms with Crippen molar-refractivity contribution in [1.82, 2.24) is 5.32 Å². The first-order chi connectivity index (χ1) is 9.54. The molecule has 0 bridgehead atoms. The quantitative estimate of drug-likeness (QED) is 0.617. The number of carbonyl (C=O) groups is 1. The van der Waals surface area contributed by atoms with E-state index in [9.17, 15) is 14.9 Å². The van der Waals surface area contributed by atoms with Gasteiger partial charge in [-0.25, -0.2) is 0 Å². The molecule has 0 radical (unpaired) electrons. The molecular formula is C14H19N3O3. The van der Waals surface area contributed by atoms with Gasteiger partial charge in [0.25, 0.3) is 11.6 Å². The summed E-state index contributed by atoms with van der Waals surface area (Å²) in [6.07, 6.45) is 1.13. The Hall–Kier alpha value is -2.11. The van der Waals surface area contributed by atoms with Gasteiger partial charge in [0.15, 0.2) is 0 Å². The molecule has 20 heavy (non-hydrogen) atoms. The molecule has 0 aliphatic heterocycles. The Labute approximate surface area is 117 Å². The van der Waals surface area contributed by atoms with Crippen molar-refractivity contribution in [2.24, 2.45) is 11.8 Å². The number of para-hydroxylation sites is 1. The monoisotopic (exact) mass is 277 g/mol. The second-order valence-electron chi connectivity index (χ2n) is 5.17. The summed E-state index contributed by atoms with van der Waals surface area (Å²) in [5.41, 5.74) is 0.551. The van der Waals surface area contributed by atoms with Crippen LogP contribution in [0.4, 0.5) is 11.4 Å². The standard InChI is InChI=1S/C14H19N3O3/c1-3-15-13-11(5-4-6-12(13)17(19)20)14(18)16-8-10-7-9(10)2/h4-6,9-10,15H,3,7-8H2,1-2H3,(H,16,18). The fraction of sp³-hybridized carbons (Fsp3) is 0.500. The molecule has 2 atom stereocenters. The number of nitro groups is 1. The molecule has 2 unspecified atom stereocenters. The molecule has 2 rings (SSSR count). The molecular weight excluding hydrogens is 258 g/mol. The molecule has 1 saturated carbocycles. The van der Waals surface area contributed by atoms with Gasteiger partial charge in [0, 0.05) is 19.2 Å². The van der Waals surface area contributed by atoms with E-state index in [2.05, 4.69) is 17.6 Å². The summed E-state index contributed by atoms with van der Waals surface area (Å²) in [6, 6.07) is 4.54. The normalized spacial score (nSPS) is 20.3. The van der Waals surface area contributed by atoms with E-state index in [-0.39, 0.29) is 11.6 Å². The third-order valence-corrected chi connectivity index (χ3v) is 3.64. The molecule has 1 aromatic carbocycles. The van der Waals surface area contributed by atoms with E-state index in [0.29, 0.717) is 36.2 Å². The summed E-state index contributed by atoms with van der Waals surface area (Å²) >= 11 is 0. The predicted octanol–water partition coefficient (Wildman–Crippen LogP) is 2.41. The minimum Gasteiger partial charge on any atom is -0.379 e. The van der Waals surface area contributed by atoms with E-state index >= 15 is 0 Å². The van der Waals surface area contributed by atoms with Crippen LogP contribution in [0.15, 0.2) is 18.2 Å². The SMILES string of the molecule is CCNc1c(C(=O)NCC2CC2C)cccc1[N+](=O)[O-]. The van der Waals surface area contributed by atoms with Gasteiger partial charge in [-0.15, -0.1) is 0 Å². The topological polar surface area (TPSA) is 84.3 Å². The summed E-state index contributed by atoms with van der Waals surface area (Å²) in [7, 11) is 0. The molecule has 108 valence electrons. The van der Waals surface area contributed by atoms with Gasteiger partial charge in [0.05, 0.1) is 10.5 Å². The smallest absolute Gasteiger partial charge is 0.293 e. The Balaban J connectivity index is 2.18. The number of nitro benzene ring substituents is 1. The lowest BCUT2D eigenvalue weighted by Gasteiger charge is -2.11. The Morgan fingerprint density at radius 1 is 1.50 bits per heavy atom. The van der Waals surface area contributed by atoms with Gasteiger partial charge in [0.2, 0.25) is 0 Å². The second kappa shape index (κ2) is 5.90. The first-order valence-electron chi connectivity index (χ1n) is 6.84. The molecule has 1 fully saturated rings. The van der Waals surface area contributed by atoms with Gasteiger partial charge in [0.1, 0.15) is 5.69 Å². The van der Waals surface area contributed by atoms with E-state index in [4.69, 9.17) is 0 Å². The number of amides is 1. The zero-order valence-electron chi connectivity index (χ0n) is 11.7. The number of hydrogen-bond acceptors (Lipinski definition) is 4. The van der Waals surface area contributed by atoms with E-state index in [1.54, 1.807) is 6.07 Å². The number of anilines is 1. The first kappa shape index (κ1) is 14.3. The van der Waals surface area contributed by atoms with Crippen LogP contribution in [0.3, 0.4) is 0 Å². The number of rotatable bonds is 6. The maximum Gasteiger partial charge on any atom is 0.293 e. The van der Waals surface area contributed by atoms with E-state index < -0.39 is 4.92 Å². The van der Waals surface area contributed by atoms with Crippen LogP contribution in [0.25, 0.3) is 0 Å². The minimum absolute atomic E-state index is 0.0701. The number of benzene rings is 1. The third kappa shape index (κ3) is 3.07. The summed E-state index contributed by atoms with van der Waals surface area (Å²) < 4.78 is 0. The van der Waals surface area contributed by atoms with Gasteiger partial charge in [-0.05, 0) is 31.2 Å².